The van der Waals surface area contributed by atoms with Crippen molar-refractivity contribution in [3.05, 3.63) is 58.9 Å². The van der Waals surface area contributed by atoms with Crippen molar-refractivity contribution < 1.29 is 9.32 Å². The summed E-state index contributed by atoms with van der Waals surface area (Å²) in [6, 6.07) is 12.1. The van der Waals surface area contributed by atoms with Gasteiger partial charge in [-0.1, -0.05) is 23.4 Å². The number of carbonyl (C=O) groups excluding carboxylic acids is 1. The van der Waals surface area contributed by atoms with E-state index >= 15 is 0 Å². The molecule has 0 atom stereocenters. The highest BCUT2D eigenvalue weighted by Crippen LogP contribution is 2.35. The van der Waals surface area contributed by atoms with E-state index in [1.807, 2.05) is 13.0 Å². The molecule has 0 unspecified atom stereocenters. The number of aromatic nitrogens is 3. The zero-order valence-corrected chi connectivity index (χ0v) is 18.1. The number of piperazine rings is 1. The van der Waals surface area contributed by atoms with Crippen LogP contribution < -0.4 is 15.1 Å². The Hall–Kier alpha value is -3.46. The molecule has 1 fully saturated rings. The fourth-order valence-electron chi connectivity index (χ4n) is 3.92. The van der Waals surface area contributed by atoms with Crippen LogP contribution in [0.3, 0.4) is 0 Å². The molecule has 0 bridgehead atoms. The number of para-hydroxylation sites is 1. The van der Waals surface area contributed by atoms with Crippen LogP contribution in [-0.2, 0) is 0 Å². The summed E-state index contributed by atoms with van der Waals surface area (Å²) in [6.07, 6.45) is 1.58. The Morgan fingerprint density at radius 1 is 1.06 bits per heavy atom. The number of aryl methyl sites for hydroxylation is 2. The summed E-state index contributed by atoms with van der Waals surface area (Å²) in [5.74, 6) is 1.73. The molecule has 5 rings (SSSR count). The topological polar surface area (TPSA) is 87.4 Å². The van der Waals surface area contributed by atoms with Gasteiger partial charge in [0.1, 0.15) is 22.7 Å². The third kappa shape index (κ3) is 3.72. The number of hydrogen-bond acceptors (Lipinski definition) is 8. The van der Waals surface area contributed by atoms with Crippen molar-refractivity contribution in [1.82, 2.24) is 15.1 Å². The number of benzene rings is 1. The molecule has 1 amide bonds. The second kappa shape index (κ2) is 7.99. The van der Waals surface area contributed by atoms with E-state index < -0.39 is 0 Å². The largest absolute Gasteiger partial charge is 0.368 e. The molecule has 0 spiro atoms. The van der Waals surface area contributed by atoms with Gasteiger partial charge in [-0.25, -0.2) is 9.97 Å². The maximum atomic E-state index is 12.9. The van der Waals surface area contributed by atoms with Crippen LogP contribution in [0.25, 0.3) is 10.2 Å². The molecule has 158 valence electrons. The summed E-state index contributed by atoms with van der Waals surface area (Å²) in [4.78, 5) is 28.0. The van der Waals surface area contributed by atoms with Crippen molar-refractivity contribution in [2.75, 3.05) is 41.3 Å². The average Bonchev–Trinajstić information content (AvgIpc) is 3.37. The molecule has 0 radical (unpaired) electrons. The van der Waals surface area contributed by atoms with E-state index in [9.17, 15) is 4.79 Å². The Morgan fingerprint density at radius 3 is 2.52 bits per heavy atom. The van der Waals surface area contributed by atoms with Gasteiger partial charge in [-0.2, -0.15) is 0 Å². The van der Waals surface area contributed by atoms with Gasteiger partial charge in [0, 0.05) is 37.9 Å². The van der Waals surface area contributed by atoms with Gasteiger partial charge in [0.05, 0.1) is 10.3 Å². The highest BCUT2D eigenvalue weighted by Gasteiger charge is 2.25. The monoisotopic (exact) mass is 434 g/mol. The molecule has 1 saturated heterocycles. The maximum Gasteiger partial charge on any atom is 0.267 e. The lowest BCUT2D eigenvalue weighted by atomic mass is 10.1. The van der Waals surface area contributed by atoms with E-state index in [-0.39, 0.29) is 5.91 Å². The molecule has 1 aliphatic rings. The van der Waals surface area contributed by atoms with E-state index in [0.29, 0.717) is 16.5 Å². The second-order valence-electron chi connectivity index (χ2n) is 7.52. The van der Waals surface area contributed by atoms with Gasteiger partial charge in [0.25, 0.3) is 5.91 Å². The second-order valence-corrected chi connectivity index (χ2v) is 8.52. The molecule has 9 heteroatoms. The summed E-state index contributed by atoms with van der Waals surface area (Å²) in [7, 11) is 0. The highest BCUT2D eigenvalue weighted by atomic mass is 32.1. The number of fused-ring (bicyclic) bond motifs is 1. The normalized spacial score (nSPS) is 14.3. The summed E-state index contributed by atoms with van der Waals surface area (Å²) < 4.78 is 5.04. The minimum absolute atomic E-state index is 0.214. The first kappa shape index (κ1) is 19.5. The van der Waals surface area contributed by atoms with E-state index in [2.05, 4.69) is 54.5 Å². The minimum atomic E-state index is -0.214. The first-order chi connectivity index (χ1) is 15.1. The minimum Gasteiger partial charge on any atom is -0.368 e. The fourth-order valence-corrected chi connectivity index (χ4v) is 4.96. The van der Waals surface area contributed by atoms with E-state index in [1.54, 1.807) is 19.3 Å². The fraction of sp³-hybridized carbons (Fsp3) is 0.273. The van der Waals surface area contributed by atoms with Crippen LogP contribution in [-0.4, -0.2) is 47.2 Å². The third-order valence-electron chi connectivity index (χ3n) is 5.48. The van der Waals surface area contributed by atoms with Gasteiger partial charge >= 0.3 is 0 Å². The first-order valence-corrected chi connectivity index (χ1v) is 11.0. The Bertz CT molecular complexity index is 1230. The van der Waals surface area contributed by atoms with Crippen molar-refractivity contribution in [2.45, 2.75) is 13.8 Å². The molecule has 31 heavy (non-hydrogen) atoms. The van der Waals surface area contributed by atoms with Crippen molar-refractivity contribution in [1.29, 1.82) is 0 Å². The van der Waals surface area contributed by atoms with Crippen LogP contribution in [0.1, 0.15) is 21.0 Å². The van der Waals surface area contributed by atoms with Crippen molar-refractivity contribution in [2.24, 2.45) is 0 Å². The van der Waals surface area contributed by atoms with Crippen LogP contribution in [0.2, 0.25) is 0 Å². The Labute approximate surface area is 183 Å². The average molecular weight is 435 g/mol. The highest BCUT2D eigenvalue weighted by molar-refractivity contribution is 7.20. The van der Waals surface area contributed by atoms with E-state index in [1.165, 1.54) is 17.0 Å². The quantitative estimate of drug-likeness (QED) is 0.522. The molecule has 1 aromatic carbocycles. The Kier molecular flexibility index (Phi) is 5.03. The number of nitrogens with one attached hydrogen (secondary N) is 1. The predicted octanol–water partition coefficient (Wildman–Crippen LogP) is 3.88. The maximum absolute atomic E-state index is 12.9. The lowest BCUT2D eigenvalue weighted by Gasteiger charge is -2.37. The van der Waals surface area contributed by atoms with E-state index in [0.717, 1.165) is 47.8 Å². The van der Waals surface area contributed by atoms with Gasteiger partial charge in [-0.05, 0) is 31.5 Å². The number of rotatable bonds is 4. The molecule has 3 aromatic heterocycles. The van der Waals surface area contributed by atoms with Crippen molar-refractivity contribution in [3.8, 4) is 0 Å². The predicted molar refractivity (Wildman–Crippen MR) is 122 cm³/mol. The zero-order valence-electron chi connectivity index (χ0n) is 17.3. The van der Waals surface area contributed by atoms with Crippen molar-refractivity contribution >= 4 is 44.8 Å². The van der Waals surface area contributed by atoms with Crippen molar-refractivity contribution in [3.63, 3.8) is 0 Å². The molecule has 4 aromatic rings. The number of carbonyl (C=O) groups is 1. The van der Waals surface area contributed by atoms with Crippen LogP contribution in [0, 0.1) is 13.8 Å². The molecule has 8 nitrogen and oxygen atoms in total. The standard InChI is InChI=1S/C22H22N6O2S/c1-14-12-17(26-30-14)25-21(29)19-15(2)18-20(23-13-24-22(18)31-19)28-10-8-27(9-11-28)16-6-4-3-5-7-16/h3-7,12-13H,8-11H2,1-2H3,(H,25,26,29). The molecule has 1 aliphatic heterocycles. The summed E-state index contributed by atoms with van der Waals surface area (Å²) in [5, 5.41) is 7.59. The molecular weight excluding hydrogens is 412 g/mol. The van der Waals surface area contributed by atoms with Gasteiger partial charge in [-0.15, -0.1) is 11.3 Å². The number of anilines is 3. The van der Waals surface area contributed by atoms with Gasteiger partial charge in [0.15, 0.2) is 5.82 Å². The summed E-state index contributed by atoms with van der Waals surface area (Å²) in [5.41, 5.74) is 2.13. The molecule has 4 heterocycles. The zero-order chi connectivity index (χ0) is 21.4. The molecule has 0 saturated carbocycles. The summed E-state index contributed by atoms with van der Waals surface area (Å²) in [6.45, 7) is 7.28. The van der Waals surface area contributed by atoms with Crippen LogP contribution >= 0.6 is 11.3 Å². The Morgan fingerprint density at radius 2 is 1.81 bits per heavy atom. The third-order valence-corrected chi connectivity index (χ3v) is 6.68. The van der Waals surface area contributed by atoms with Gasteiger partial charge in [0.2, 0.25) is 0 Å². The van der Waals surface area contributed by atoms with E-state index in [4.69, 9.17) is 4.52 Å². The summed E-state index contributed by atoms with van der Waals surface area (Å²) >= 11 is 1.38. The Balaban J connectivity index is 1.39. The lowest BCUT2D eigenvalue weighted by Crippen LogP contribution is -2.46. The molecular formula is C22H22N6O2S. The smallest absolute Gasteiger partial charge is 0.267 e. The SMILES string of the molecule is Cc1cc(NC(=O)c2sc3ncnc(N4CCN(c5ccccc5)CC4)c3c2C)no1. The number of hydrogen-bond donors (Lipinski definition) is 1. The van der Waals surface area contributed by atoms with Crippen LogP contribution in [0.5, 0.6) is 0 Å². The number of nitrogens with zero attached hydrogens (tertiary/aromatic N) is 5. The van der Waals surface area contributed by atoms with Crippen LogP contribution in [0.4, 0.5) is 17.3 Å². The molecule has 0 aliphatic carbocycles. The number of amides is 1. The van der Waals surface area contributed by atoms with Gasteiger partial charge in [-0.3, -0.25) is 4.79 Å². The van der Waals surface area contributed by atoms with Crippen LogP contribution in [0.15, 0.2) is 47.2 Å². The molecule has 1 N–H and O–H groups in total. The lowest BCUT2D eigenvalue weighted by molar-refractivity contribution is 0.102. The number of thiophene rings is 1. The first-order valence-electron chi connectivity index (χ1n) is 10.1. The van der Waals surface area contributed by atoms with Gasteiger partial charge < -0.3 is 19.6 Å².